The molecule has 2 heteroatoms. The summed E-state index contributed by atoms with van der Waals surface area (Å²) in [4.78, 5) is 0. The lowest BCUT2D eigenvalue weighted by molar-refractivity contribution is 0.110. The van der Waals surface area contributed by atoms with Crippen molar-refractivity contribution in [2.45, 2.75) is 63.8 Å². The minimum Gasteiger partial charge on any atom is -0.313 e. The van der Waals surface area contributed by atoms with E-state index >= 15 is 0 Å². The van der Waals surface area contributed by atoms with Crippen molar-refractivity contribution in [1.82, 2.24) is 5.32 Å². The molecule has 0 spiro atoms. The van der Waals surface area contributed by atoms with Crippen molar-refractivity contribution in [2.24, 2.45) is 11.3 Å². The van der Waals surface area contributed by atoms with Gasteiger partial charge < -0.3 is 5.32 Å². The van der Waals surface area contributed by atoms with Crippen LogP contribution < -0.4 is 5.32 Å². The van der Waals surface area contributed by atoms with Gasteiger partial charge in [0, 0.05) is 11.4 Å². The van der Waals surface area contributed by atoms with Gasteiger partial charge in [-0.25, -0.2) is 0 Å². The third-order valence-electron chi connectivity index (χ3n) is 4.53. The summed E-state index contributed by atoms with van der Waals surface area (Å²) in [6, 6.07) is 0.655. The van der Waals surface area contributed by atoms with Crippen molar-refractivity contribution >= 4 is 11.6 Å². The molecule has 2 atom stereocenters. The van der Waals surface area contributed by atoms with Crippen molar-refractivity contribution in [3.05, 3.63) is 0 Å². The van der Waals surface area contributed by atoms with Crippen molar-refractivity contribution in [3.63, 3.8) is 0 Å². The second kappa shape index (κ2) is 4.63. The molecule has 2 fully saturated rings. The van der Waals surface area contributed by atoms with Crippen LogP contribution in [-0.2, 0) is 0 Å². The standard InChI is InChI=1S/C13H24ClN/c1-13(2)11(14)8-12(13)15-9-10-6-4-3-5-7-10/h10-12,15H,3-9H2,1-2H3. The lowest BCUT2D eigenvalue weighted by Crippen LogP contribution is -2.58. The highest BCUT2D eigenvalue weighted by Crippen LogP contribution is 2.44. The summed E-state index contributed by atoms with van der Waals surface area (Å²) in [5, 5.41) is 4.10. The van der Waals surface area contributed by atoms with Gasteiger partial charge in [-0.3, -0.25) is 0 Å². The van der Waals surface area contributed by atoms with Gasteiger partial charge in [-0.05, 0) is 37.1 Å². The summed E-state index contributed by atoms with van der Waals surface area (Å²) >= 11 is 6.22. The summed E-state index contributed by atoms with van der Waals surface area (Å²) in [6.45, 7) is 5.79. The fourth-order valence-electron chi connectivity index (χ4n) is 2.92. The fraction of sp³-hybridized carbons (Fsp3) is 1.00. The van der Waals surface area contributed by atoms with E-state index in [1.165, 1.54) is 38.6 Å². The lowest BCUT2D eigenvalue weighted by Gasteiger charge is -2.50. The highest BCUT2D eigenvalue weighted by molar-refractivity contribution is 6.21. The number of halogens is 1. The van der Waals surface area contributed by atoms with Crippen LogP contribution in [-0.4, -0.2) is 18.0 Å². The topological polar surface area (TPSA) is 12.0 Å². The average Bonchev–Trinajstić information content (AvgIpc) is 2.25. The molecule has 0 aromatic rings. The van der Waals surface area contributed by atoms with Crippen LogP contribution in [0.3, 0.4) is 0 Å². The first-order valence-electron chi connectivity index (χ1n) is 6.48. The Hall–Kier alpha value is 0.250. The van der Waals surface area contributed by atoms with E-state index in [1.807, 2.05) is 0 Å². The second-order valence-electron chi connectivity index (χ2n) is 5.99. The Bertz CT molecular complexity index is 209. The molecule has 2 saturated carbocycles. The monoisotopic (exact) mass is 229 g/mol. The Kier molecular flexibility index (Phi) is 3.62. The maximum absolute atomic E-state index is 6.22. The molecule has 0 saturated heterocycles. The van der Waals surface area contributed by atoms with E-state index in [1.54, 1.807) is 0 Å². The van der Waals surface area contributed by atoms with Crippen LogP contribution in [0.25, 0.3) is 0 Å². The molecule has 0 aromatic heterocycles. The molecule has 1 nitrogen and oxygen atoms in total. The van der Waals surface area contributed by atoms with Crippen LogP contribution in [0.4, 0.5) is 0 Å². The van der Waals surface area contributed by atoms with E-state index in [2.05, 4.69) is 19.2 Å². The lowest BCUT2D eigenvalue weighted by atomic mass is 9.66. The maximum atomic E-state index is 6.22. The third kappa shape index (κ3) is 2.50. The summed E-state index contributed by atoms with van der Waals surface area (Å²) in [5.74, 6) is 0.934. The van der Waals surface area contributed by atoms with Gasteiger partial charge >= 0.3 is 0 Å². The minimum absolute atomic E-state index is 0.302. The van der Waals surface area contributed by atoms with E-state index < -0.39 is 0 Å². The Morgan fingerprint density at radius 2 is 1.87 bits per heavy atom. The largest absolute Gasteiger partial charge is 0.313 e. The smallest absolute Gasteiger partial charge is 0.0416 e. The molecule has 2 rings (SSSR count). The molecule has 0 amide bonds. The molecule has 0 radical (unpaired) electrons. The van der Waals surface area contributed by atoms with E-state index in [0.717, 1.165) is 12.3 Å². The van der Waals surface area contributed by atoms with Gasteiger partial charge in [0.2, 0.25) is 0 Å². The van der Waals surface area contributed by atoms with Gasteiger partial charge in [0.25, 0.3) is 0 Å². The number of nitrogens with one attached hydrogen (secondary N) is 1. The molecule has 2 aliphatic carbocycles. The first-order chi connectivity index (χ1) is 7.10. The normalized spacial score (nSPS) is 36.2. The zero-order valence-corrected chi connectivity index (χ0v) is 10.8. The van der Waals surface area contributed by atoms with Gasteiger partial charge in [0.1, 0.15) is 0 Å². The third-order valence-corrected chi connectivity index (χ3v) is 5.27. The zero-order chi connectivity index (χ0) is 10.9. The molecule has 0 heterocycles. The van der Waals surface area contributed by atoms with E-state index in [-0.39, 0.29) is 0 Å². The Morgan fingerprint density at radius 1 is 1.20 bits per heavy atom. The van der Waals surface area contributed by atoms with Crippen LogP contribution in [0.5, 0.6) is 0 Å². The van der Waals surface area contributed by atoms with Gasteiger partial charge in [-0.1, -0.05) is 33.1 Å². The minimum atomic E-state index is 0.302. The molecule has 0 aliphatic heterocycles. The van der Waals surface area contributed by atoms with Crippen LogP contribution in [0.15, 0.2) is 0 Å². The summed E-state index contributed by atoms with van der Waals surface area (Å²) in [6.07, 6.45) is 8.36. The predicted octanol–water partition coefficient (Wildman–Crippen LogP) is 3.56. The van der Waals surface area contributed by atoms with Crippen LogP contribution in [0, 0.1) is 11.3 Å². The quantitative estimate of drug-likeness (QED) is 0.730. The van der Waals surface area contributed by atoms with Crippen molar-refractivity contribution in [1.29, 1.82) is 0 Å². The molecule has 2 aliphatic rings. The summed E-state index contributed by atoms with van der Waals surface area (Å²) < 4.78 is 0. The van der Waals surface area contributed by atoms with Crippen molar-refractivity contribution in [3.8, 4) is 0 Å². The van der Waals surface area contributed by atoms with Crippen LogP contribution in [0.1, 0.15) is 52.4 Å². The molecule has 0 aromatic carbocycles. The first-order valence-corrected chi connectivity index (χ1v) is 6.92. The van der Waals surface area contributed by atoms with Crippen LogP contribution in [0.2, 0.25) is 0 Å². The SMILES string of the molecule is CC1(C)C(Cl)CC1NCC1CCCCC1. The molecule has 88 valence electrons. The number of alkyl halides is 1. The zero-order valence-electron chi connectivity index (χ0n) is 10.1. The molecule has 0 bridgehead atoms. The Balaban J connectivity index is 1.70. The first kappa shape index (κ1) is 11.7. The number of hydrogen-bond acceptors (Lipinski definition) is 1. The highest BCUT2D eigenvalue weighted by Gasteiger charge is 2.46. The molecule has 1 N–H and O–H groups in total. The fourth-order valence-corrected chi connectivity index (χ4v) is 3.25. The molecule has 15 heavy (non-hydrogen) atoms. The Morgan fingerprint density at radius 3 is 2.40 bits per heavy atom. The van der Waals surface area contributed by atoms with Crippen LogP contribution >= 0.6 is 11.6 Å². The maximum Gasteiger partial charge on any atom is 0.0416 e. The predicted molar refractivity (Wildman–Crippen MR) is 66.4 cm³/mol. The van der Waals surface area contributed by atoms with E-state index in [9.17, 15) is 0 Å². The molecular weight excluding hydrogens is 206 g/mol. The summed E-state index contributed by atoms with van der Waals surface area (Å²) in [7, 11) is 0. The second-order valence-corrected chi connectivity index (χ2v) is 6.52. The molecule has 2 unspecified atom stereocenters. The summed E-state index contributed by atoms with van der Waals surface area (Å²) in [5.41, 5.74) is 0.302. The average molecular weight is 230 g/mol. The van der Waals surface area contributed by atoms with E-state index in [0.29, 0.717) is 16.8 Å². The van der Waals surface area contributed by atoms with Crippen molar-refractivity contribution in [2.75, 3.05) is 6.54 Å². The van der Waals surface area contributed by atoms with E-state index in [4.69, 9.17) is 11.6 Å². The van der Waals surface area contributed by atoms with Gasteiger partial charge in [-0.2, -0.15) is 0 Å². The number of rotatable bonds is 3. The Labute approximate surface area is 99.0 Å². The number of hydrogen-bond donors (Lipinski definition) is 1. The van der Waals surface area contributed by atoms with Gasteiger partial charge in [-0.15, -0.1) is 11.6 Å². The van der Waals surface area contributed by atoms with Gasteiger partial charge in [0.05, 0.1) is 0 Å². The van der Waals surface area contributed by atoms with Crippen molar-refractivity contribution < 1.29 is 0 Å². The van der Waals surface area contributed by atoms with Gasteiger partial charge in [0.15, 0.2) is 0 Å². The molecular formula is C13H24ClN. The highest BCUT2D eigenvalue weighted by atomic mass is 35.5.